The van der Waals surface area contributed by atoms with Crippen molar-refractivity contribution in [2.24, 2.45) is 4.99 Å². The molecule has 1 aliphatic carbocycles. The minimum atomic E-state index is -0.0597. The van der Waals surface area contributed by atoms with E-state index < -0.39 is 0 Å². The van der Waals surface area contributed by atoms with E-state index in [0.29, 0.717) is 11.4 Å². The van der Waals surface area contributed by atoms with Crippen LogP contribution in [0.25, 0.3) is 0 Å². The summed E-state index contributed by atoms with van der Waals surface area (Å²) < 4.78 is 0. The van der Waals surface area contributed by atoms with Crippen molar-refractivity contribution in [3.05, 3.63) is 53.3 Å². The highest BCUT2D eigenvalue weighted by Crippen LogP contribution is 2.31. The Labute approximate surface area is 118 Å². The first-order valence-corrected chi connectivity index (χ1v) is 6.55. The molecule has 20 heavy (non-hydrogen) atoms. The summed E-state index contributed by atoms with van der Waals surface area (Å²) in [4.78, 5) is 18.5. The molecule has 0 radical (unpaired) electrons. The normalized spacial score (nSPS) is 19.5. The van der Waals surface area contributed by atoms with Crippen LogP contribution in [0, 0.1) is 12.3 Å². The third-order valence-corrected chi connectivity index (χ3v) is 3.51. The summed E-state index contributed by atoms with van der Waals surface area (Å²) in [6, 6.07) is 7.36. The topological polar surface area (TPSA) is 32.7 Å². The number of aliphatic imine (C=N–C) groups is 1. The second-order valence-corrected chi connectivity index (χ2v) is 4.80. The number of nitrogens with zero attached hydrogens (tertiary/aromatic N) is 2. The number of amides is 1. The van der Waals surface area contributed by atoms with Gasteiger partial charge >= 0.3 is 0 Å². The fraction of sp³-hybridized carbons (Fsp3) is 0.176. The molecule has 1 aromatic rings. The largest absolute Gasteiger partial charge is 0.310 e. The number of fused-ring (bicyclic) bond motifs is 1. The lowest BCUT2D eigenvalue weighted by Gasteiger charge is -2.12. The van der Waals surface area contributed by atoms with Crippen molar-refractivity contribution < 1.29 is 4.79 Å². The van der Waals surface area contributed by atoms with Gasteiger partial charge in [0.25, 0.3) is 5.91 Å². The van der Waals surface area contributed by atoms with E-state index in [0.717, 1.165) is 29.7 Å². The minimum absolute atomic E-state index is 0.0597. The minimum Gasteiger partial charge on any atom is -0.310 e. The van der Waals surface area contributed by atoms with Crippen molar-refractivity contribution >= 4 is 17.3 Å². The van der Waals surface area contributed by atoms with Crippen molar-refractivity contribution in [2.45, 2.75) is 12.8 Å². The summed E-state index contributed by atoms with van der Waals surface area (Å²) in [5.41, 5.74) is 3.89. The molecule has 3 nitrogen and oxygen atoms in total. The van der Waals surface area contributed by atoms with Crippen molar-refractivity contribution in [3.8, 4) is 12.3 Å². The maximum absolute atomic E-state index is 12.3. The van der Waals surface area contributed by atoms with Crippen LogP contribution in [0.1, 0.15) is 18.4 Å². The smallest absolute Gasteiger partial charge is 0.277 e. The molecule has 0 spiro atoms. The van der Waals surface area contributed by atoms with Crippen LogP contribution < -0.4 is 0 Å². The maximum atomic E-state index is 12.3. The predicted molar refractivity (Wildman–Crippen MR) is 79.6 cm³/mol. The summed E-state index contributed by atoms with van der Waals surface area (Å²) in [5.74, 6) is 2.52. The first-order valence-electron chi connectivity index (χ1n) is 6.55. The highest BCUT2D eigenvalue weighted by atomic mass is 16.2. The lowest BCUT2D eigenvalue weighted by molar-refractivity contribution is -0.120. The van der Waals surface area contributed by atoms with E-state index >= 15 is 0 Å². The predicted octanol–water partition coefficient (Wildman–Crippen LogP) is 2.82. The maximum Gasteiger partial charge on any atom is 0.277 e. The van der Waals surface area contributed by atoms with Crippen LogP contribution in [-0.4, -0.2) is 23.6 Å². The molecule has 1 aliphatic heterocycles. The zero-order chi connectivity index (χ0) is 14.1. The Morgan fingerprint density at radius 3 is 2.90 bits per heavy atom. The first-order chi connectivity index (χ1) is 9.70. The number of likely N-dealkylation sites (N-methyl/N-ethyl adjacent to an activating group) is 1. The summed E-state index contributed by atoms with van der Waals surface area (Å²) in [6.45, 7) is 0. The van der Waals surface area contributed by atoms with Gasteiger partial charge in [0.15, 0.2) is 0 Å². The number of likely N-dealkylation sites (tertiary alicyclic amines) is 1. The first kappa shape index (κ1) is 12.4. The zero-order valence-electron chi connectivity index (χ0n) is 11.3. The third kappa shape index (κ3) is 1.96. The van der Waals surface area contributed by atoms with Gasteiger partial charge < -0.3 is 4.90 Å². The molecule has 2 aliphatic rings. The fourth-order valence-corrected chi connectivity index (χ4v) is 2.48. The summed E-state index contributed by atoms with van der Waals surface area (Å²) in [7, 11) is 1.79. The van der Waals surface area contributed by atoms with Crippen molar-refractivity contribution in [1.29, 1.82) is 0 Å². The van der Waals surface area contributed by atoms with E-state index in [-0.39, 0.29) is 5.91 Å². The Morgan fingerprint density at radius 1 is 1.30 bits per heavy atom. The van der Waals surface area contributed by atoms with Gasteiger partial charge in [-0.3, -0.25) is 4.79 Å². The lowest BCUT2D eigenvalue weighted by atomic mass is 10.0. The molecule has 98 valence electrons. The number of rotatable bonds is 1. The molecule has 0 unspecified atom stereocenters. The molecular formula is C17H14N2O. The van der Waals surface area contributed by atoms with Gasteiger partial charge in [0.05, 0.1) is 5.69 Å². The molecular weight excluding hydrogens is 248 g/mol. The van der Waals surface area contributed by atoms with Gasteiger partial charge in [0.2, 0.25) is 0 Å². The molecule has 0 atom stereocenters. The van der Waals surface area contributed by atoms with E-state index in [1.165, 1.54) is 0 Å². The van der Waals surface area contributed by atoms with Gasteiger partial charge in [0, 0.05) is 23.9 Å². The van der Waals surface area contributed by atoms with E-state index in [4.69, 9.17) is 6.42 Å². The van der Waals surface area contributed by atoms with Crippen LogP contribution in [0.2, 0.25) is 0 Å². The highest BCUT2D eigenvalue weighted by Gasteiger charge is 2.34. The molecule has 1 heterocycles. The van der Waals surface area contributed by atoms with Gasteiger partial charge in [-0.1, -0.05) is 24.1 Å². The Balaban J connectivity index is 2.07. The lowest BCUT2D eigenvalue weighted by Crippen LogP contribution is -2.21. The Kier molecular flexibility index (Phi) is 3.00. The fourth-order valence-electron chi connectivity index (χ4n) is 2.48. The number of hydrogen-bond acceptors (Lipinski definition) is 2. The molecule has 1 fully saturated rings. The Hall–Kier alpha value is -2.60. The highest BCUT2D eigenvalue weighted by molar-refractivity contribution is 6.50. The van der Waals surface area contributed by atoms with E-state index in [2.05, 4.69) is 23.1 Å². The third-order valence-electron chi connectivity index (χ3n) is 3.51. The molecule has 1 aromatic carbocycles. The molecule has 0 N–H and O–H groups in total. The number of carbonyl (C=O) groups is 1. The number of hydrogen-bond donors (Lipinski definition) is 0. The van der Waals surface area contributed by atoms with Crippen LogP contribution in [0.3, 0.4) is 0 Å². The van der Waals surface area contributed by atoms with E-state index in [1.54, 1.807) is 11.9 Å². The molecule has 0 saturated carbocycles. The summed E-state index contributed by atoms with van der Waals surface area (Å²) in [5, 5.41) is 0. The zero-order valence-corrected chi connectivity index (χ0v) is 11.3. The van der Waals surface area contributed by atoms with Crippen LogP contribution in [0.4, 0.5) is 5.69 Å². The van der Waals surface area contributed by atoms with Gasteiger partial charge in [-0.2, -0.15) is 0 Å². The van der Waals surface area contributed by atoms with E-state index in [1.807, 2.05) is 24.3 Å². The SMILES string of the molecule is C#Cc1cccc(/N=C2/C(=O)N(C)C3=CCCC=C32)c1. The molecule has 1 saturated heterocycles. The van der Waals surface area contributed by atoms with E-state index in [9.17, 15) is 4.79 Å². The van der Waals surface area contributed by atoms with Crippen molar-refractivity contribution in [2.75, 3.05) is 7.05 Å². The number of allylic oxidation sites excluding steroid dienone is 3. The van der Waals surface area contributed by atoms with Crippen LogP contribution >= 0.6 is 0 Å². The quantitative estimate of drug-likeness (QED) is 0.716. The Morgan fingerprint density at radius 2 is 2.10 bits per heavy atom. The molecule has 0 aromatic heterocycles. The van der Waals surface area contributed by atoms with Crippen molar-refractivity contribution in [1.82, 2.24) is 4.90 Å². The average molecular weight is 262 g/mol. The molecule has 1 amide bonds. The molecule has 0 bridgehead atoms. The van der Waals surface area contributed by atoms with Crippen LogP contribution in [0.5, 0.6) is 0 Å². The Bertz CT molecular complexity index is 717. The monoisotopic (exact) mass is 262 g/mol. The number of terminal acetylenes is 1. The second-order valence-electron chi connectivity index (χ2n) is 4.80. The summed E-state index contributed by atoms with van der Waals surface area (Å²) in [6.07, 6.45) is 11.5. The molecule has 3 heteroatoms. The molecule has 3 rings (SSSR count). The number of carbonyl (C=O) groups excluding carboxylic acids is 1. The van der Waals surface area contributed by atoms with Crippen LogP contribution in [0.15, 0.2) is 52.7 Å². The second kappa shape index (κ2) is 4.82. The standard InChI is InChI=1S/C17H14N2O/c1-3-12-7-6-8-13(11-12)18-16-14-9-4-5-10-15(14)19(2)17(16)20/h1,6-11H,4-5H2,2H3/b18-16+. The van der Waals surface area contributed by atoms with Gasteiger partial charge in [0.1, 0.15) is 5.71 Å². The van der Waals surface area contributed by atoms with Crippen molar-refractivity contribution in [3.63, 3.8) is 0 Å². The number of benzene rings is 1. The van der Waals surface area contributed by atoms with Gasteiger partial charge in [-0.25, -0.2) is 4.99 Å². The summed E-state index contributed by atoms with van der Waals surface area (Å²) >= 11 is 0. The van der Waals surface area contributed by atoms with Gasteiger partial charge in [-0.05, 0) is 31.0 Å². The van der Waals surface area contributed by atoms with Crippen LogP contribution in [-0.2, 0) is 4.79 Å². The average Bonchev–Trinajstić information content (AvgIpc) is 2.73. The van der Waals surface area contributed by atoms with Gasteiger partial charge in [-0.15, -0.1) is 6.42 Å².